The average Bonchev–Trinajstić information content (AvgIpc) is 3.18. The van der Waals surface area contributed by atoms with E-state index < -0.39 is 11.6 Å². The van der Waals surface area contributed by atoms with Crippen LogP contribution in [0.3, 0.4) is 0 Å². The van der Waals surface area contributed by atoms with Gasteiger partial charge in [0.2, 0.25) is 11.4 Å². The van der Waals surface area contributed by atoms with Gasteiger partial charge in [-0.05, 0) is 17.7 Å². The SMILES string of the molecule is COC(=O)C1(c2cc(OC)c(OC)c(OC)c2)OCC=C1c1ccccc1. The van der Waals surface area contributed by atoms with E-state index in [-0.39, 0.29) is 6.61 Å². The molecule has 0 saturated carbocycles. The van der Waals surface area contributed by atoms with Crippen LogP contribution in [0.5, 0.6) is 17.2 Å². The third-order valence-corrected chi connectivity index (χ3v) is 4.60. The Morgan fingerprint density at radius 3 is 2.11 bits per heavy atom. The molecular weight excluding hydrogens is 348 g/mol. The Morgan fingerprint density at radius 1 is 0.963 bits per heavy atom. The molecule has 0 spiro atoms. The van der Waals surface area contributed by atoms with Crippen molar-refractivity contribution in [3.05, 3.63) is 59.7 Å². The van der Waals surface area contributed by atoms with Crippen LogP contribution < -0.4 is 14.2 Å². The first kappa shape index (κ1) is 18.8. The molecule has 0 aliphatic carbocycles. The lowest BCUT2D eigenvalue weighted by Gasteiger charge is -2.30. The van der Waals surface area contributed by atoms with Gasteiger partial charge in [-0.2, -0.15) is 0 Å². The summed E-state index contributed by atoms with van der Waals surface area (Å²) < 4.78 is 27.4. The van der Waals surface area contributed by atoms with Crippen molar-refractivity contribution in [2.24, 2.45) is 0 Å². The van der Waals surface area contributed by atoms with E-state index in [1.165, 1.54) is 28.4 Å². The molecule has 3 rings (SSSR count). The van der Waals surface area contributed by atoms with E-state index in [4.69, 9.17) is 23.7 Å². The molecule has 6 heteroatoms. The molecule has 1 atom stereocenters. The lowest BCUT2D eigenvalue weighted by molar-refractivity contribution is -0.160. The predicted octanol–water partition coefficient (Wildman–Crippen LogP) is 3.19. The second kappa shape index (κ2) is 7.72. The van der Waals surface area contributed by atoms with Crippen LogP contribution in [-0.4, -0.2) is 41.0 Å². The van der Waals surface area contributed by atoms with Crippen LogP contribution in [0.15, 0.2) is 48.5 Å². The van der Waals surface area contributed by atoms with Crippen LogP contribution >= 0.6 is 0 Å². The summed E-state index contributed by atoms with van der Waals surface area (Å²) in [7, 11) is 5.91. The Morgan fingerprint density at radius 2 is 1.59 bits per heavy atom. The molecule has 6 nitrogen and oxygen atoms in total. The molecule has 0 radical (unpaired) electrons. The Kier molecular flexibility index (Phi) is 5.37. The number of benzene rings is 2. The summed E-state index contributed by atoms with van der Waals surface area (Å²) in [5.41, 5.74) is 0.693. The second-order valence-corrected chi connectivity index (χ2v) is 5.88. The van der Waals surface area contributed by atoms with Crippen molar-refractivity contribution in [2.75, 3.05) is 35.0 Å². The van der Waals surface area contributed by atoms with Crippen molar-refractivity contribution in [1.82, 2.24) is 0 Å². The maximum absolute atomic E-state index is 13.0. The Labute approximate surface area is 158 Å². The van der Waals surface area contributed by atoms with E-state index in [1.54, 1.807) is 12.1 Å². The minimum atomic E-state index is -1.43. The lowest BCUT2D eigenvalue weighted by Crippen LogP contribution is -2.38. The number of methoxy groups -OCH3 is 4. The zero-order valence-corrected chi connectivity index (χ0v) is 15.8. The third-order valence-electron chi connectivity index (χ3n) is 4.60. The van der Waals surface area contributed by atoms with E-state index in [2.05, 4.69) is 0 Å². The summed E-state index contributed by atoms with van der Waals surface area (Å²) in [6.45, 7) is 0.274. The molecule has 0 aromatic heterocycles. The van der Waals surface area contributed by atoms with Crippen LogP contribution in [-0.2, 0) is 19.9 Å². The first-order chi connectivity index (χ1) is 13.1. The monoisotopic (exact) mass is 370 g/mol. The summed E-state index contributed by atoms with van der Waals surface area (Å²) >= 11 is 0. The molecule has 0 N–H and O–H groups in total. The molecule has 0 saturated heterocycles. The zero-order chi connectivity index (χ0) is 19.4. The number of rotatable bonds is 6. The molecule has 1 heterocycles. The number of hydrogen-bond acceptors (Lipinski definition) is 6. The first-order valence-electron chi connectivity index (χ1n) is 8.41. The molecule has 1 aliphatic rings. The second-order valence-electron chi connectivity index (χ2n) is 5.88. The highest BCUT2D eigenvalue weighted by Crippen LogP contribution is 2.49. The van der Waals surface area contributed by atoms with Gasteiger partial charge in [0.05, 0.1) is 35.0 Å². The smallest absolute Gasteiger partial charge is 0.347 e. The van der Waals surface area contributed by atoms with Gasteiger partial charge in [0.25, 0.3) is 0 Å². The van der Waals surface area contributed by atoms with Gasteiger partial charge in [0.15, 0.2) is 11.5 Å². The highest BCUT2D eigenvalue weighted by atomic mass is 16.6. The maximum atomic E-state index is 13.0. The van der Waals surface area contributed by atoms with E-state index >= 15 is 0 Å². The molecule has 27 heavy (non-hydrogen) atoms. The molecule has 0 amide bonds. The van der Waals surface area contributed by atoms with Crippen molar-refractivity contribution < 1.29 is 28.5 Å². The minimum absolute atomic E-state index is 0.274. The summed E-state index contributed by atoms with van der Waals surface area (Å²) in [4.78, 5) is 13.0. The van der Waals surface area contributed by atoms with Gasteiger partial charge in [0.1, 0.15) is 0 Å². The van der Waals surface area contributed by atoms with Gasteiger partial charge >= 0.3 is 5.97 Å². The molecule has 142 valence electrons. The molecule has 2 aromatic carbocycles. The molecule has 0 bridgehead atoms. The van der Waals surface area contributed by atoms with Gasteiger partial charge in [-0.1, -0.05) is 36.4 Å². The third kappa shape index (κ3) is 3.02. The first-order valence-corrected chi connectivity index (χ1v) is 8.41. The van der Waals surface area contributed by atoms with Gasteiger partial charge in [0, 0.05) is 11.1 Å². The number of carbonyl (C=O) groups is 1. The van der Waals surface area contributed by atoms with Crippen molar-refractivity contribution >= 4 is 11.5 Å². The molecule has 2 aromatic rings. The van der Waals surface area contributed by atoms with Crippen molar-refractivity contribution in [2.45, 2.75) is 5.60 Å². The van der Waals surface area contributed by atoms with Crippen molar-refractivity contribution in [1.29, 1.82) is 0 Å². The summed E-state index contributed by atoms with van der Waals surface area (Å²) in [5.74, 6) is 0.771. The maximum Gasteiger partial charge on any atom is 0.347 e. The van der Waals surface area contributed by atoms with Gasteiger partial charge < -0.3 is 23.7 Å². The van der Waals surface area contributed by atoms with Gasteiger partial charge in [-0.15, -0.1) is 0 Å². The van der Waals surface area contributed by atoms with Crippen LogP contribution in [0, 0.1) is 0 Å². The van der Waals surface area contributed by atoms with Gasteiger partial charge in [-0.25, -0.2) is 4.79 Å². The predicted molar refractivity (Wildman–Crippen MR) is 100 cm³/mol. The lowest BCUT2D eigenvalue weighted by atomic mass is 9.82. The molecule has 1 aliphatic heterocycles. The largest absolute Gasteiger partial charge is 0.493 e. The number of esters is 1. The van der Waals surface area contributed by atoms with Crippen LogP contribution in [0.25, 0.3) is 5.57 Å². The Balaban J connectivity index is 2.26. The summed E-state index contributed by atoms with van der Waals surface area (Å²) in [6, 6.07) is 13.0. The number of hydrogen-bond donors (Lipinski definition) is 0. The number of ether oxygens (including phenoxy) is 5. The Hall–Kier alpha value is -2.99. The van der Waals surface area contributed by atoms with Crippen LogP contribution in [0.2, 0.25) is 0 Å². The molecule has 0 fully saturated rings. The Bertz CT molecular complexity index is 833. The highest BCUT2D eigenvalue weighted by Gasteiger charge is 2.50. The zero-order valence-electron chi connectivity index (χ0n) is 15.8. The number of carbonyl (C=O) groups excluding carboxylic acids is 1. The van der Waals surface area contributed by atoms with Crippen molar-refractivity contribution in [3.63, 3.8) is 0 Å². The highest BCUT2D eigenvalue weighted by molar-refractivity contribution is 5.99. The standard InChI is InChI=1S/C21H22O6/c1-23-17-12-15(13-18(24-2)19(17)25-3)21(20(22)26-4)16(10-11-27-21)14-8-6-5-7-9-14/h5-10,12-13H,11H2,1-4H3. The van der Waals surface area contributed by atoms with Crippen LogP contribution in [0.1, 0.15) is 11.1 Å². The topological polar surface area (TPSA) is 63.2 Å². The normalized spacial score (nSPS) is 18.6. The average molecular weight is 370 g/mol. The van der Waals surface area contributed by atoms with E-state index in [1.807, 2.05) is 36.4 Å². The quantitative estimate of drug-likeness (QED) is 0.728. The van der Waals surface area contributed by atoms with Crippen molar-refractivity contribution in [3.8, 4) is 17.2 Å². The van der Waals surface area contributed by atoms with E-state index in [9.17, 15) is 4.79 Å². The van der Waals surface area contributed by atoms with E-state index in [0.29, 0.717) is 28.4 Å². The summed E-state index contributed by atoms with van der Waals surface area (Å²) in [5, 5.41) is 0. The minimum Gasteiger partial charge on any atom is -0.493 e. The fourth-order valence-electron chi connectivity index (χ4n) is 3.36. The van der Waals surface area contributed by atoms with Crippen LogP contribution in [0.4, 0.5) is 0 Å². The molecule has 1 unspecified atom stereocenters. The molecular formula is C21H22O6. The fourth-order valence-corrected chi connectivity index (χ4v) is 3.36. The van der Waals surface area contributed by atoms with E-state index in [0.717, 1.165) is 5.56 Å². The fraction of sp³-hybridized carbons (Fsp3) is 0.286. The van der Waals surface area contributed by atoms with Gasteiger partial charge in [-0.3, -0.25) is 0 Å². The summed E-state index contributed by atoms with van der Waals surface area (Å²) in [6.07, 6.45) is 1.88.